The third kappa shape index (κ3) is 8.10. The molecule has 0 aliphatic rings. The molecule has 6 rings (SSSR count). The third-order valence-corrected chi connectivity index (χ3v) is 12.2. The number of benzene rings is 3. The quantitative estimate of drug-likeness (QED) is 0.0845. The molecule has 3 aromatic heterocycles. The zero-order valence-electron chi connectivity index (χ0n) is 32.9. The number of carbonyl (C=O) groups is 1. The molecule has 0 bridgehead atoms. The average molecular weight is 895 g/mol. The third-order valence-electron chi connectivity index (χ3n) is 11.2. The summed E-state index contributed by atoms with van der Waals surface area (Å²) in [4.78, 5) is 17.0. The van der Waals surface area contributed by atoms with Crippen LogP contribution in [0.3, 0.4) is 0 Å². The number of nitrogens with zero attached hydrogens (tertiary/aromatic N) is 1. The molecule has 0 aliphatic carbocycles. The first kappa shape index (κ1) is 41.4. The van der Waals surface area contributed by atoms with E-state index in [4.69, 9.17) is 9.40 Å². The number of allylic oxidation sites excluding steroid dienone is 2. The van der Waals surface area contributed by atoms with Gasteiger partial charge < -0.3 is 9.52 Å². The van der Waals surface area contributed by atoms with Crippen molar-refractivity contribution >= 4 is 59.9 Å². The molecule has 0 amide bonds. The number of aliphatic hydroxyl groups is 1. The normalized spacial score (nSPS) is 12.8. The van der Waals surface area contributed by atoms with Crippen molar-refractivity contribution in [2.45, 2.75) is 114 Å². The zero-order valence-corrected chi connectivity index (χ0v) is 36.1. The van der Waals surface area contributed by atoms with Crippen LogP contribution in [0.5, 0.6) is 0 Å². The summed E-state index contributed by atoms with van der Waals surface area (Å²) in [5.41, 5.74) is 5.74. The molecule has 0 spiro atoms. The molecule has 4 nitrogen and oxygen atoms in total. The van der Waals surface area contributed by atoms with Crippen LogP contribution in [-0.2, 0) is 36.7 Å². The SMILES string of the molecule is CC(C)Cc1csc2ccc3c4ccnc(-c5[c-]c6ccccc6c(C(C)(C)C)c5)c4oc3c12.CCC(C)(CC)C(=O)/C=C(\O)C(C)(CC)CC.[Ir]. The molecule has 6 aromatic rings. The fourth-order valence-electron chi connectivity index (χ4n) is 6.79. The fraction of sp³-hybridized carbons (Fsp3) is 0.435. The summed E-state index contributed by atoms with van der Waals surface area (Å²) < 4.78 is 7.98. The van der Waals surface area contributed by atoms with Gasteiger partial charge in [-0.1, -0.05) is 105 Å². The molecule has 3 heterocycles. The monoisotopic (exact) mass is 895 g/mol. The molecule has 1 N–H and O–H groups in total. The summed E-state index contributed by atoms with van der Waals surface area (Å²) in [6, 6.07) is 20.9. The summed E-state index contributed by atoms with van der Waals surface area (Å²) in [5, 5.41) is 18.3. The van der Waals surface area contributed by atoms with Crippen LogP contribution in [0, 0.1) is 22.8 Å². The van der Waals surface area contributed by atoms with Crippen LogP contribution in [0.15, 0.2) is 76.4 Å². The number of hydrogen-bond acceptors (Lipinski definition) is 5. The number of aliphatic hydroxyl groups excluding tert-OH is 1. The number of aromatic nitrogens is 1. The molecular weight excluding hydrogens is 839 g/mol. The molecular formula is C46H56IrNO3S-. The molecule has 279 valence electrons. The largest absolute Gasteiger partial charge is 0.512 e. The van der Waals surface area contributed by atoms with Gasteiger partial charge in [0, 0.05) is 69.8 Å². The van der Waals surface area contributed by atoms with E-state index >= 15 is 0 Å². The van der Waals surface area contributed by atoms with Crippen LogP contribution in [-0.4, -0.2) is 15.9 Å². The molecule has 3 aromatic carbocycles. The van der Waals surface area contributed by atoms with Gasteiger partial charge in [0.1, 0.15) is 16.9 Å². The number of ketones is 1. The van der Waals surface area contributed by atoms with E-state index in [1.807, 2.05) is 47.7 Å². The standard InChI is InChI=1S/C31H28NOS.C15H28O2.Ir/c1-18(2)14-21-17-34-26-11-10-23-24-12-13-32-28(30(24)33-29(23)27(21)26)20-15-19-8-6-7-9-22(19)25(16-20)31(3,4)5;1-7-14(5,8-2)12(16)11-13(17)15(6,9-3)10-4;/h6-13,16-18H,14H2,1-5H3;11,16H,7-10H2,1-6H3;/q-1;;/b;12-11-;. The predicted molar refractivity (Wildman–Crippen MR) is 219 cm³/mol. The van der Waals surface area contributed by atoms with E-state index in [9.17, 15) is 9.90 Å². The van der Waals surface area contributed by atoms with Crippen LogP contribution in [0.2, 0.25) is 0 Å². The molecule has 0 atom stereocenters. The summed E-state index contributed by atoms with van der Waals surface area (Å²) >= 11 is 1.81. The number of furan rings is 1. The minimum absolute atomic E-state index is 0. The Hall–Kier alpha value is -3.31. The van der Waals surface area contributed by atoms with Gasteiger partial charge >= 0.3 is 0 Å². The van der Waals surface area contributed by atoms with Crippen molar-refractivity contribution in [1.29, 1.82) is 0 Å². The van der Waals surface area contributed by atoms with Crippen molar-refractivity contribution in [2.24, 2.45) is 16.7 Å². The molecule has 0 unspecified atom stereocenters. The fourth-order valence-corrected chi connectivity index (χ4v) is 7.76. The maximum Gasteiger partial charge on any atom is 0.164 e. The molecule has 0 fully saturated rings. The second-order valence-electron chi connectivity index (χ2n) is 16.1. The van der Waals surface area contributed by atoms with Crippen molar-refractivity contribution < 1.29 is 34.4 Å². The summed E-state index contributed by atoms with van der Waals surface area (Å²) in [7, 11) is 0. The van der Waals surface area contributed by atoms with Crippen LogP contribution < -0.4 is 0 Å². The first-order valence-electron chi connectivity index (χ1n) is 18.7. The maximum absolute atomic E-state index is 12.2. The Bertz CT molecular complexity index is 2210. The van der Waals surface area contributed by atoms with Gasteiger partial charge in [0.25, 0.3) is 0 Å². The van der Waals surface area contributed by atoms with E-state index < -0.39 is 0 Å². The van der Waals surface area contributed by atoms with Gasteiger partial charge in [0.15, 0.2) is 5.78 Å². The van der Waals surface area contributed by atoms with Crippen LogP contribution in [0.25, 0.3) is 54.1 Å². The second kappa shape index (κ2) is 16.4. The first-order valence-corrected chi connectivity index (χ1v) is 19.6. The smallest absolute Gasteiger partial charge is 0.164 e. The van der Waals surface area contributed by atoms with Gasteiger partial charge in [-0.3, -0.25) is 9.78 Å². The van der Waals surface area contributed by atoms with Gasteiger partial charge in [0.2, 0.25) is 0 Å². The predicted octanol–water partition coefficient (Wildman–Crippen LogP) is 14.0. The minimum atomic E-state index is -0.337. The van der Waals surface area contributed by atoms with Crippen molar-refractivity contribution in [3.63, 3.8) is 0 Å². The Morgan fingerprint density at radius 2 is 1.52 bits per heavy atom. The molecule has 0 aliphatic heterocycles. The van der Waals surface area contributed by atoms with Gasteiger partial charge in [-0.05, 0) is 72.6 Å². The first-order chi connectivity index (χ1) is 24.1. The Morgan fingerprint density at radius 1 is 0.885 bits per heavy atom. The minimum Gasteiger partial charge on any atom is -0.512 e. The second-order valence-corrected chi connectivity index (χ2v) is 17.0. The number of carbonyl (C=O) groups excluding carboxylic acids is 1. The van der Waals surface area contributed by atoms with Crippen LogP contribution >= 0.6 is 11.3 Å². The van der Waals surface area contributed by atoms with Gasteiger partial charge in [0.05, 0.1) is 0 Å². The van der Waals surface area contributed by atoms with E-state index in [-0.39, 0.29) is 47.9 Å². The molecule has 1 radical (unpaired) electrons. The zero-order chi connectivity index (χ0) is 37.3. The van der Waals surface area contributed by atoms with Gasteiger partial charge in [-0.2, -0.15) is 0 Å². The van der Waals surface area contributed by atoms with Crippen LogP contribution in [0.4, 0.5) is 0 Å². The Kier molecular flexibility index (Phi) is 13.0. The molecule has 0 saturated carbocycles. The Labute approximate surface area is 328 Å². The molecule has 6 heteroatoms. The van der Waals surface area contributed by atoms with E-state index in [2.05, 4.69) is 94.6 Å². The van der Waals surface area contributed by atoms with Crippen molar-refractivity contribution in [3.05, 3.63) is 89.1 Å². The Balaban J connectivity index is 0.000000289. The van der Waals surface area contributed by atoms with Gasteiger partial charge in [-0.15, -0.1) is 40.5 Å². The van der Waals surface area contributed by atoms with Crippen molar-refractivity contribution in [1.82, 2.24) is 4.98 Å². The number of pyridine rings is 1. The number of rotatable bonds is 10. The average Bonchev–Trinajstić information content (AvgIpc) is 3.70. The van der Waals surface area contributed by atoms with Crippen molar-refractivity contribution in [2.75, 3.05) is 0 Å². The van der Waals surface area contributed by atoms with Crippen LogP contribution in [0.1, 0.15) is 113 Å². The number of hydrogen-bond donors (Lipinski definition) is 1. The number of thiophene rings is 1. The Morgan fingerprint density at radius 3 is 2.13 bits per heavy atom. The van der Waals surface area contributed by atoms with E-state index in [1.165, 1.54) is 32.7 Å². The summed E-state index contributed by atoms with van der Waals surface area (Å²) in [6.45, 7) is 23.4. The molecule has 0 saturated heterocycles. The summed E-state index contributed by atoms with van der Waals surface area (Å²) in [5.74, 6) is 0.881. The summed E-state index contributed by atoms with van der Waals surface area (Å²) in [6.07, 6.45) is 7.71. The van der Waals surface area contributed by atoms with E-state index in [0.717, 1.165) is 70.7 Å². The van der Waals surface area contributed by atoms with Crippen molar-refractivity contribution in [3.8, 4) is 11.3 Å². The maximum atomic E-state index is 12.2. The molecule has 52 heavy (non-hydrogen) atoms. The van der Waals surface area contributed by atoms with Gasteiger partial charge in [-0.25, -0.2) is 0 Å². The number of fused-ring (bicyclic) bond motifs is 6. The van der Waals surface area contributed by atoms with E-state index in [0.29, 0.717) is 5.92 Å². The van der Waals surface area contributed by atoms with E-state index in [1.54, 1.807) is 11.3 Å². The topological polar surface area (TPSA) is 63.3 Å².